The highest BCUT2D eigenvalue weighted by Crippen LogP contribution is 2.40. The lowest BCUT2D eigenvalue weighted by Gasteiger charge is -2.32. The Morgan fingerprint density at radius 1 is 1.39 bits per heavy atom. The number of hydrogen-bond donors (Lipinski definition) is 2. The number of ether oxygens (including phenoxy) is 1. The molecule has 0 aliphatic carbocycles. The van der Waals surface area contributed by atoms with Gasteiger partial charge in [0.1, 0.15) is 18.4 Å². The van der Waals surface area contributed by atoms with Crippen molar-refractivity contribution in [2.24, 2.45) is 0 Å². The van der Waals surface area contributed by atoms with Gasteiger partial charge in [0, 0.05) is 6.42 Å². The molecule has 1 fully saturated rings. The molecule has 2 aliphatic rings. The van der Waals surface area contributed by atoms with Gasteiger partial charge in [-0.2, -0.15) is 0 Å². The maximum Gasteiger partial charge on any atom is 0.257 e. The molecule has 2 heterocycles. The molecule has 1 saturated heterocycles. The van der Waals surface area contributed by atoms with E-state index in [0.717, 1.165) is 4.90 Å². The van der Waals surface area contributed by atoms with E-state index in [-0.39, 0.29) is 36.5 Å². The first-order valence-corrected chi connectivity index (χ1v) is 7.08. The van der Waals surface area contributed by atoms with Crippen LogP contribution in [0, 0.1) is 12.3 Å². The summed E-state index contributed by atoms with van der Waals surface area (Å²) in [5.74, 6) is 1.16. The molecule has 2 aliphatic heterocycles. The van der Waals surface area contributed by atoms with Crippen LogP contribution in [0.5, 0.6) is 5.75 Å². The summed E-state index contributed by atoms with van der Waals surface area (Å²) in [5, 5.41) is 12.7. The van der Waals surface area contributed by atoms with E-state index in [2.05, 4.69) is 11.2 Å². The van der Waals surface area contributed by atoms with E-state index in [1.165, 1.54) is 0 Å². The number of imide groups is 1. The van der Waals surface area contributed by atoms with Crippen LogP contribution in [0.15, 0.2) is 18.2 Å². The number of nitrogens with one attached hydrogen (secondary N) is 1. The van der Waals surface area contributed by atoms with Crippen LogP contribution in [-0.2, 0) is 9.59 Å². The van der Waals surface area contributed by atoms with Crippen LogP contribution < -0.4 is 10.1 Å². The number of amides is 3. The summed E-state index contributed by atoms with van der Waals surface area (Å²) in [7, 11) is 0. The molecule has 2 N–H and O–H groups in total. The number of aliphatic hydroxyl groups is 1. The number of piperidine rings is 1. The molecule has 118 valence electrons. The number of terminal acetylenes is 1. The van der Waals surface area contributed by atoms with Gasteiger partial charge >= 0.3 is 0 Å². The summed E-state index contributed by atoms with van der Waals surface area (Å²) < 4.78 is 5.37. The van der Waals surface area contributed by atoms with Crippen LogP contribution in [0.3, 0.4) is 0 Å². The Morgan fingerprint density at radius 2 is 2.17 bits per heavy atom. The zero-order valence-electron chi connectivity index (χ0n) is 12.1. The second-order valence-corrected chi connectivity index (χ2v) is 5.26. The normalized spacial score (nSPS) is 23.3. The molecular weight excluding hydrogens is 300 g/mol. The van der Waals surface area contributed by atoms with Crippen molar-refractivity contribution in [2.45, 2.75) is 25.1 Å². The molecule has 0 radical (unpaired) electrons. The monoisotopic (exact) mass is 314 g/mol. The molecule has 1 aromatic carbocycles. The van der Waals surface area contributed by atoms with Gasteiger partial charge in [-0.15, -0.1) is 6.42 Å². The van der Waals surface area contributed by atoms with Gasteiger partial charge in [-0.1, -0.05) is 12.0 Å². The molecule has 7 nitrogen and oxygen atoms in total. The lowest BCUT2D eigenvalue weighted by atomic mass is 10.0. The molecule has 0 spiro atoms. The van der Waals surface area contributed by atoms with Crippen LogP contribution >= 0.6 is 0 Å². The Bertz CT molecular complexity index is 736. The van der Waals surface area contributed by atoms with Crippen LogP contribution in [0.1, 0.15) is 35.0 Å². The van der Waals surface area contributed by atoms with E-state index in [0.29, 0.717) is 5.75 Å². The number of carbonyl (C=O) groups is 3. The minimum absolute atomic E-state index is 0.00419. The zero-order valence-corrected chi connectivity index (χ0v) is 12.1. The van der Waals surface area contributed by atoms with Gasteiger partial charge in [0.2, 0.25) is 11.8 Å². The summed E-state index contributed by atoms with van der Waals surface area (Å²) in [6.07, 6.45) is 4.12. The highest BCUT2D eigenvalue weighted by molar-refractivity contribution is 6.06. The highest BCUT2D eigenvalue weighted by Gasteiger charge is 2.45. The molecule has 3 amide bonds. The van der Waals surface area contributed by atoms with E-state index in [1.807, 2.05) is 0 Å². The smallest absolute Gasteiger partial charge is 0.257 e. The van der Waals surface area contributed by atoms with Crippen LogP contribution in [0.4, 0.5) is 0 Å². The number of rotatable bonds is 3. The van der Waals surface area contributed by atoms with Crippen molar-refractivity contribution in [1.29, 1.82) is 0 Å². The third-order valence-corrected chi connectivity index (χ3v) is 3.91. The van der Waals surface area contributed by atoms with Gasteiger partial charge < -0.3 is 9.84 Å². The fourth-order valence-corrected chi connectivity index (χ4v) is 2.89. The molecule has 3 rings (SSSR count). The fourth-order valence-electron chi connectivity index (χ4n) is 2.89. The predicted octanol–water partition coefficient (Wildman–Crippen LogP) is -0.0495. The first kappa shape index (κ1) is 15.1. The van der Waals surface area contributed by atoms with E-state index in [4.69, 9.17) is 11.2 Å². The SMILES string of the molecule is C#CCOc1cccc2c1C(O)N(C1CCC(=O)NC1=O)C2=O. The van der Waals surface area contributed by atoms with Gasteiger partial charge in [-0.05, 0) is 18.6 Å². The maximum absolute atomic E-state index is 12.6. The average Bonchev–Trinajstić information content (AvgIpc) is 2.78. The maximum atomic E-state index is 12.6. The number of carbonyl (C=O) groups excluding carboxylic acids is 3. The number of fused-ring (bicyclic) bond motifs is 1. The number of hydrogen-bond acceptors (Lipinski definition) is 5. The topological polar surface area (TPSA) is 95.9 Å². The standard InChI is InChI=1S/C16H14N2O5/c1-2-8-23-11-5-3-4-9-13(11)16(22)18(15(9)21)10-6-7-12(19)17-14(10)20/h1,3-5,10,16,22H,6-8H2,(H,17,19,20). The summed E-state index contributed by atoms with van der Waals surface area (Å²) >= 11 is 0. The summed E-state index contributed by atoms with van der Waals surface area (Å²) in [4.78, 5) is 36.9. The van der Waals surface area contributed by atoms with Gasteiger partial charge in [0.25, 0.3) is 5.91 Å². The van der Waals surface area contributed by atoms with Crippen molar-refractivity contribution < 1.29 is 24.2 Å². The molecule has 0 aromatic heterocycles. The van der Waals surface area contributed by atoms with Crippen molar-refractivity contribution in [3.05, 3.63) is 29.3 Å². The lowest BCUT2D eigenvalue weighted by molar-refractivity contribution is -0.139. The third kappa shape index (κ3) is 2.43. The summed E-state index contributed by atoms with van der Waals surface area (Å²) in [6.45, 7) is -0.00419. The number of benzene rings is 1. The Morgan fingerprint density at radius 3 is 2.87 bits per heavy atom. The second-order valence-electron chi connectivity index (χ2n) is 5.26. The first-order chi connectivity index (χ1) is 11.0. The summed E-state index contributed by atoms with van der Waals surface area (Å²) in [5.41, 5.74) is 0.550. The Balaban J connectivity index is 1.94. The quantitative estimate of drug-likeness (QED) is 0.602. The number of nitrogens with zero attached hydrogens (tertiary/aromatic N) is 1. The van der Waals surface area contributed by atoms with Crippen LogP contribution in [0.2, 0.25) is 0 Å². The minimum Gasteiger partial charge on any atom is -0.480 e. The lowest BCUT2D eigenvalue weighted by Crippen LogP contribution is -2.53. The molecular formula is C16H14N2O5. The van der Waals surface area contributed by atoms with E-state index in [9.17, 15) is 19.5 Å². The summed E-state index contributed by atoms with van der Waals surface area (Å²) in [6, 6.07) is 3.86. The van der Waals surface area contributed by atoms with Crippen molar-refractivity contribution in [3.8, 4) is 18.1 Å². The van der Waals surface area contributed by atoms with Crippen molar-refractivity contribution in [3.63, 3.8) is 0 Å². The molecule has 2 unspecified atom stereocenters. The zero-order chi connectivity index (χ0) is 16.6. The van der Waals surface area contributed by atoms with Crippen molar-refractivity contribution in [2.75, 3.05) is 6.61 Å². The van der Waals surface area contributed by atoms with E-state index in [1.54, 1.807) is 18.2 Å². The Kier molecular flexibility index (Phi) is 3.76. The third-order valence-electron chi connectivity index (χ3n) is 3.91. The molecule has 0 saturated carbocycles. The van der Waals surface area contributed by atoms with Crippen molar-refractivity contribution >= 4 is 17.7 Å². The molecule has 23 heavy (non-hydrogen) atoms. The highest BCUT2D eigenvalue weighted by atomic mass is 16.5. The van der Waals surface area contributed by atoms with Gasteiger partial charge in [-0.25, -0.2) is 0 Å². The molecule has 2 atom stereocenters. The van der Waals surface area contributed by atoms with E-state index >= 15 is 0 Å². The minimum atomic E-state index is -1.32. The predicted molar refractivity (Wildman–Crippen MR) is 78.1 cm³/mol. The number of aliphatic hydroxyl groups excluding tert-OH is 1. The van der Waals surface area contributed by atoms with E-state index < -0.39 is 24.1 Å². The van der Waals surface area contributed by atoms with Crippen LogP contribution in [0.25, 0.3) is 0 Å². The van der Waals surface area contributed by atoms with Gasteiger partial charge in [-0.3, -0.25) is 24.6 Å². The fraction of sp³-hybridized carbons (Fsp3) is 0.312. The average molecular weight is 314 g/mol. The Hall–Kier alpha value is -2.85. The van der Waals surface area contributed by atoms with Crippen molar-refractivity contribution in [1.82, 2.24) is 10.2 Å². The first-order valence-electron chi connectivity index (χ1n) is 7.08. The Labute approximate surface area is 132 Å². The van der Waals surface area contributed by atoms with Gasteiger partial charge in [0.05, 0.1) is 11.1 Å². The second kappa shape index (κ2) is 5.74. The van der Waals surface area contributed by atoms with Gasteiger partial charge in [0.15, 0.2) is 6.23 Å². The largest absolute Gasteiger partial charge is 0.480 e. The van der Waals surface area contributed by atoms with Crippen LogP contribution in [-0.4, -0.2) is 40.4 Å². The molecule has 0 bridgehead atoms. The molecule has 7 heteroatoms. The molecule has 1 aromatic rings.